The Balaban J connectivity index is 1.77. The highest BCUT2D eigenvalue weighted by atomic mass is 32.2. The molecule has 140 valence electrons. The minimum atomic E-state index is -0.126. The zero-order valence-corrected chi connectivity index (χ0v) is 16.8. The molecule has 3 rings (SSSR count). The quantitative estimate of drug-likeness (QED) is 0.549. The fraction of sp³-hybridized carbons (Fsp3) is 0.286. The molecule has 0 atom stereocenters. The van der Waals surface area contributed by atoms with E-state index < -0.39 is 0 Å². The molecule has 27 heavy (non-hydrogen) atoms. The number of nitrogens with zero attached hydrogens (tertiary/aromatic N) is 2. The maximum absolute atomic E-state index is 12.5. The van der Waals surface area contributed by atoms with E-state index in [0.717, 1.165) is 11.3 Å². The minimum absolute atomic E-state index is 0.0686. The molecule has 6 heteroatoms. The maximum atomic E-state index is 12.5. The largest absolute Gasteiger partial charge is 0.325 e. The molecule has 0 aliphatic carbocycles. The summed E-state index contributed by atoms with van der Waals surface area (Å²) in [4.78, 5) is 29.4. The van der Waals surface area contributed by atoms with Crippen molar-refractivity contribution in [1.82, 2.24) is 9.55 Å². The maximum Gasteiger partial charge on any atom is 0.261 e. The first-order chi connectivity index (χ1) is 12.8. The minimum Gasteiger partial charge on any atom is -0.325 e. The van der Waals surface area contributed by atoms with E-state index in [-0.39, 0.29) is 22.6 Å². The third-order valence-corrected chi connectivity index (χ3v) is 5.31. The number of carbonyl (C=O) groups excluding carboxylic acids is 1. The fourth-order valence-electron chi connectivity index (χ4n) is 2.89. The van der Waals surface area contributed by atoms with Crippen molar-refractivity contribution in [2.75, 3.05) is 11.1 Å². The smallest absolute Gasteiger partial charge is 0.261 e. The molecule has 2 aromatic carbocycles. The number of nitrogens with one attached hydrogen (secondary N) is 1. The molecule has 0 bridgehead atoms. The lowest BCUT2D eigenvalue weighted by atomic mass is 9.86. The number of rotatable bonds is 4. The van der Waals surface area contributed by atoms with Crippen molar-refractivity contribution in [3.05, 3.63) is 64.4 Å². The van der Waals surface area contributed by atoms with Crippen molar-refractivity contribution < 1.29 is 4.79 Å². The predicted octanol–water partition coefficient (Wildman–Crippen LogP) is 3.96. The summed E-state index contributed by atoms with van der Waals surface area (Å²) in [5.74, 6) is 0.0518. The van der Waals surface area contributed by atoms with Crippen LogP contribution in [0.5, 0.6) is 0 Å². The molecule has 1 amide bonds. The molecule has 0 spiro atoms. The highest BCUT2D eigenvalue weighted by Gasteiger charge is 2.19. The summed E-state index contributed by atoms with van der Waals surface area (Å²) in [6.07, 6.45) is 0. The fourth-order valence-corrected chi connectivity index (χ4v) is 3.66. The Hall–Kier alpha value is -2.60. The number of hydrogen-bond acceptors (Lipinski definition) is 4. The zero-order valence-electron chi connectivity index (χ0n) is 15.9. The molecule has 1 aromatic heterocycles. The number of hydrogen-bond donors (Lipinski definition) is 1. The Kier molecular flexibility index (Phi) is 5.37. The van der Waals surface area contributed by atoms with Gasteiger partial charge in [0.2, 0.25) is 5.91 Å². The standard InChI is InChI=1S/C21H23N3O2S/c1-21(2,3)15-10-6-8-12-17(15)22-18(25)13-27-20-23-16-11-7-5-9-14(16)19(26)24(20)4/h5-12H,13H2,1-4H3,(H,22,25). The van der Waals surface area contributed by atoms with Crippen LogP contribution in [-0.4, -0.2) is 21.2 Å². The van der Waals surface area contributed by atoms with Gasteiger partial charge in [-0.25, -0.2) is 4.98 Å². The number of amides is 1. The molecule has 0 aliphatic heterocycles. The number of carbonyl (C=O) groups is 1. The molecule has 0 fully saturated rings. The number of anilines is 1. The molecule has 0 saturated heterocycles. The normalized spacial score (nSPS) is 11.6. The molecular weight excluding hydrogens is 358 g/mol. The van der Waals surface area contributed by atoms with Gasteiger partial charge in [0, 0.05) is 12.7 Å². The second kappa shape index (κ2) is 7.56. The van der Waals surface area contributed by atoms with Crippen molar-refractivity contribution in [2.24, 2.45) is 7.05 Å². The molecule has 0 saturated carbocycles. The summed E-state index contributed by atoms with van der Waals surface area (Å²) in [7, 11) is 1.68. The van der Waals surface area contributed by atoms with Gasteiger partial charge in [-0.15, -0.1) is 0 Å². The number of aromatic nitrogens is 2. The summed E-state index contributed by atoms with van der Waals surface area (Å²) >= 11 is 1.26. The van der Waals surface area contributed by atoms with Gasteiger partial charge in [-0.1, -0.05) is 62.9 Å². The topological polar surface area (TPSA) is 64.0 Å². The molecule has 0 unspecified atom stereocenters. The second-order valence-electron chi connectivity index (χ2n) is 7.41. The number of thioether (sulfide) groups is 1. The summed E-state index contributed by atoms with van der Waals surface area (Å²) in [6, 6.07) is 15.0. The number of benzene rings is 2. The van der Waals surface area contributed by atoms with Gasteiger partial charge in [0.05, 0.1) is 16.7 Å². The first kappa shape index (κ1) is 19.2. The average Bonchev–Trinajstić information content (AvgIpc) is 2.63. The molecule has 1 heterocycles. The van der Waals surface area contributed by atoms with Crippen LogP contribution in [0.25, 0.3) is 10.9 Å². The Morgan fingerprint density at radius 2 is 1.78 bits per heavy atom. The average molecular weight is 382 g/mol. The van der Waals surface area contributed by atoms with Gasteiger partial charge in [0.15, 0.2) is 5.16 Å². The Morgan fingerprint density at radius 3 is 2.52 bits per heavy atom. The lowest BCUT2D eigenvalue weighted by molar-refractivity contribution is -0.113. The van der Waals surface area contributed by atoms with E-state index in [1.807, 2.05) is 36.4 Å². The Labute approximate surface area is 162 Å². The van der Waals surface area contributed by atoms with Gasteiger partial charge in [-0.05, 0) is 29.2 Å². The van der Waals surface area contributed by atoms with Crippen LogP contribution in [0.2, 0.25) is 0 Å². The molecule has 1 N–H and O–H groups in total. The highest BCUT2D eigenvalue weighted by Crippen LogP contribution is 2.29. The van der Waals surface area contributed by atoms with Gasteiger partial charge >= 0.3 is 0 Å². The van der Waals surface area contributed by atoms with E-state index >= 15 is 0 Å². The van der Waals surface area contributed by atoms with Crippen molar-refractivity contribution in [3.8, 4) is 0 Å². The first-order valence-electron chi connectivity index (χ1n) is 8.75. The van der Waals surface area contributed by atoms with Crippen LogP contribution >= 0.6 is 11.8 Å². The highest BCUT2D eigenvalue weighted by molar-refractivity contribution is 7.99. The Morgan fingerprint density at radius 1 is 1.11 bits per heavy atom. The molecule has 5 nitrogen and oxygen atoms in total. The van der Waals surface area contributed by atoms with E-state index in [1.165, 1.54) is 16.3 Å². The monoisotopic (exact) mass is 381 g/mol. The van der Waals surface area contributed by atoms with E-state index in [1.54, 1.807) is 19.2 Å². The van der Waals surface area contributed by atoms with E-state index in [4.69, 9.17) is 0 Å². The number of fused-ring (bicyclic) bond motifs is 1. The summed E-state index contributed by atoms with van der Waals surface area (Å²) in [5.41, 5.74) is 2.36. The van der Waals surface area contributed by atoms with Crippen LogP contribution in [0.1, 0.15) is 26.3 Å². The van der Waals surface area contributed by atoms with E-state index in [2.05, 4.69) is 31.1 Å². The van der Waals surface area contributed by atoms with Crippen LogP contribution < -0.4 is 10.9 Å². The molecule has 3 aromatic rings. The molecule has 0 aliphatic rings. The van der Waals surface area contributed by atoms with Crippen molar-refractivity contribution in [3.63, 3.8) is 0 Å². The van der Waals surface area contributed by atoms with E-state index in [0.29, 0.717) is 16.1 Å². The van der Waals surface area contributed by atoms with Crippen LogP contribution in [0.15, 0.2) is 58.5 Å². The van der Waals surface area contributed by atoms with Crippen LogP contribution in [-0.2, 0) is 17.3 Å². The van der Waals surface area contributed by atoms with Gasteiger partial charge in [-0.2, -0.15) is 0 Å². The second-order valence-corrected chi connectivity index (χ2v) is 8.35. The lowest BCUT2D eigenvalue weighted by Gasteiger charge is -2.23. The van der Waals surface area contributed by atoms with Gasteiger partial charge in [0.25, 0.3) is 5.56 Å². The van der Waals surface area contributed by atoms with Gasteiger partial charge in [-0.3, -0.25) is 14.2 Å². The van der Waals surface area contributed by atoms with Gasteiger partial charge < -0.3 is 5.32 Å². The van der Waals surface area contributed by atoms with Crippen molar-refractivity contribution >= 4 is 34.3 Å². The Bertz CT molecular complexity index is 1050. The SMILES string of the molecule is Cn1c(SCC(=O)Nc2ccccc2C(C)(C)C)nc2ccccc2c1=O. The van der Waals surface area contributed by atoms with E-state index in [9.17, 15) is 9.59 Å². The third-order valence-electron chi connectivity index (χ3n) is 4.28. The van der Waals surface area contributed by atoms with Gasteiger partial charge in [0.1, 0.15) is 0 Å². The van der Waals surface area contributed by atoms with Crippen molar-refractivity contribution in [1.29, 1.82) is 0 Å². The number of para-hydroxylation sites is 2. The van der Waals surface area contributed by atoms with Crippen LogP contribution in [0.4, 0.5) is 5.69 Å². The summed E-state index contributed by atoms with van der Waals surface area (Å²) in [5, 5.41) is 4.09. The summed E-state index contributed by atoms with van der Waals surface area (Å²) < 4.78 is 1.49. The van der Waals surface area contributed by atoms with Crippen molar-refractivity contribution in [2.45, 2.75) is 31.3 Å². The third kappa shape index (κ3) is 4.22. The molecular formula is C21H23N3O2S. The summed E-state index contributed by atoms with van der Waals surface area (Å²) in [6.45, 7) is 6.34. The predicted molar refractivity (Wildman–Crippen MR) is 111 cm³/mol. The zero-order chi connectivity index (χ0) is 19.6. The lowest BCUT2D eigenvalue weighted by Crippen LogP contribution is -2.22. The molecule has 0 radical (unpaired) electrons. The van der Waals surface area contributed by atoms with Crippen LogP contribution in [0.3, 0.4) is 0 Å². The first-order valence-corrected chi connectivity index (χ1v) is 9.74. The van der Waals surface area contributed by atoms with Crippen LogP contribution in [0, 0.1) is 0 Å².